The van der Waals surface area contributed by atoms with Gasteiger partial charge in [0.15, 0.2) is 5.75 Å². The van der Waals surface area contributed by atoms with E-state index in [0.717, 1.165) is 22.7 Å². The van der Waals surface area contributed by atoms with Crippen LogP contribution in [0.2, 0.25) is 0 Å². The molecular formula is C17H20Br2O3. The molecule has 0 saturated heterocycles. The Kier molecular flexibility index (Phi) is 6.96. The fourth-order valence-corrected chi connectivity index (χ4v) is 3.07. The van der Waals surface area contributed by atoms with Gasteiger partial charge in [-0.3, -0.25) is 0 Å². The first-order valence-electron chi connectivity index (χ1n) is 7.68. The van der Waals surface area contributed by atoms with Gasteiger partial charge in [0.2, 0.25) is 0 Å². The van der Waals surface area contributed by atoms with Crippen molar-refractivity contribution in [1.82, 2.24) is 0 Å². The molecule has 0 amide bonds. The SMILES string of the molecule is CCCCCCCCOc1c(Br)c(=O)oc2cc(Br)ccc12. The van der Waals surface area contributed by atoms with E-state index in [0.29, 0.717) is 22.4 Å². The largest absolute Gasteiger partial charge is 0.491 e. The van der Waals surface area contributed by atoms with E-state index in [1.165, 1.54) is 25.7 Å². The molecule has 120 valence electrons. The van der Waals surface area contributed by atoms with Crippen LogP contribution in [-0.4, -0.2) is 6.61 Å². The number of hydrogen-bond acceptors (Lipinski definition) is 3. The fourth-order valence-electron chi connectivity index (χ4n) is 2.32. The number of halogens is 2. The minimum atomic E-state index is -0.413. The molecule has 3 nitrogen and oxygen atoms in total. The minimum Gasteiger partial charge on any atom is -0.491 e. The van der Waals surface area contributed by atoms with Gasteiger partial charge in [-0.25, -0.2) is 4.79 Å². The lowest BCUT2D eigenvalue weighted by atomic mass is 10.1. The van der Waals surface area contributed by atoms with Crippen LogP contribution in [0.5, 0.6) is 5.75 Å². The van der Waals surface area contributed by atoms with E-state index in [1.807, 2.05) is 12.1 Å². The summed E-state index contributed by atoms with van der Waals surface area (Å²) < 4.78 is 12.4. The first-order chi connectivity index (χ1) is 10.6. The molecule has 2 rings (SSSR count). The predicted octanol–water partition coefficient (Wildman–Crippen LogP) is 6.06. The zero-order valence-corrected chi connectivity index (χ0v) is 15.8. The highest BCUT2D eigenvalue weighted by molar-refractivity contribution is 9.10. The Hall–Kier alpha value is -0.810. The molecule has 1 heterocycles. The van der Waals surface area contributed by atoms with E-state index in [1.54, 1.807) is 6.07 Å². The minimum absolute atomic E-state index is 0.355. The topological polar surface area (TPSA) is 39.4 Å². The lowest BCUT2D eigenvalue weighted by molar-refractivity contribution is 0.303. The van der Waals surface area contributed by atoms with Crippen molar-refractivity contribution in [3.05, 3.63) is 37.6 Å². The van der Waals surface area contributed by atoms with Gasteiger partial charge in [-0.1, -0.05) is 55.0 Å². The number of rotatable bonds is 8. The van der Waals surface area contributed by atoms with Crippen LogP contribution in [0.1, 0.15) is 45.4 Å². The number of hydrogen-bond donors (Lipinski definition) is 0. The first-order valence-corrected chi connectivity index (χ1v) is 9.26. The molecule has 0 unspecified atom stereocenters. The first kappa shape index (κ1) is 17.5. The van der Waals surface area contributed by atoms with Crippen LogP contribution in [-0.2, 0) is 0 Å². The van der Waals surface area contributed by atoms with Crippen molar-refractivity contribution >= 4 is 42.8 Å². The highest BCUT2D eigenvalue weighted by Gasteiger charge is 2.14. The Labute approximate surface area is 147 Å². The van der Waals surface area contributed by atoms with Crippen LogP contribution in [0.25, 0.3) is 11.0 Å². The molecule has 0 fully saturated rings. The Morgan fingerprint density at radius 3 is 2.59 bits per heavy atom. The van der Waals surface area contributed by atoms with E-state index in [9.17, 15) is 4.79 Å². The summed E-state index contributed by atoms with van der Waals surface area (Å²) in [6, 6.07) is 5.58. The smallest absolute Gasteiger partial charge is 0.354 e. The van der Waals surface area contributed by atoms with Crippen molar-refractivity contribution in [2.24, 2.45) is 0 Å². The lowest BCUT2D eigenvalue weighted by Crippen LogP contribution is -2.06. The maximum absolute atomic E-state index is 11.9. The zero-order chi connectivity index (χ0) is 15.9. The van der Waals surface area contributed by atoms with Crippen molar-refractivity contribution in [2.75, 3.05) is 6.61 Å². The van der Waals surface area contributed by atoms with Crippen molar-refractivity contribution in [3.8, 4) is 5.75 Å². The highest BCUT2D eigenvalue weighted by atomic mass is 79.9. The summed E-state index contributed by atoms with van der Waals surface area (Å²) in [5.74, 6) is 0.576. The number of benzene rings is 1. The number of unbranched alkanes of at least 4 members (excludes halogenated alkanes) is 5. The summed E-state index contributed by atoms with van der Waals surface area (Å²) in [5.41, 5.74) is 0.115. The van der Waals surface area contributed by atoms with Crippen LogP contribution in [0.4, 0.5) is 0 Å². The second-order valence-electron chi connectivity index (χ2n) is 5.29. The molecule has 1 aromatic carbocycles. The van der Waals surface area contributed by atoms with Gasteiger partial charge in [-0.2, -0.15) is 0 Å². The van der Waals surface area contributed by atoms with Crippen LogP contribution in [0, 0.1) is 0 Å². The summed E-state index contributed by atoms with van der Waals surface area (Å²) in [7, 11) is 0. The van der Waals surface area contributed by atoms with E-state index in [-0.39, 0.29) is 0 Å². The molecule has 0 spiro atoms. The quantitative estimate of drug-likeness (QED) is 0.376. The molecule has 0 atom stereocenters. The van der Waals surface area contributed by atoms with Gasteiger partial charge in [-0.05, 0) is 40.5 Å². The predicted molar refractivity (Wildman–Crippen MR) is 96.8 cm³/mol. The Balaban J connectivity index is 2.04. The molecule has 0 aliphatic rings. The number of ether oxygens (including phenoxy) is 1. The molecular weight excluding hydrogens is 412 g/mol. The molecule has 0 saturated carbocycles. The second-order valence-corrected chi connectivity index (χ2v) is 7.00. The Morgan fingerprint density at radius 2 is 1.82 bits per heavy atom. The monoisotopic (exact) mass is 430 g/mol. The summed E-state index contributed by atoms with van der Waals surface area (Å²) in [6.07, 6.45) is 7.22. The number of fused-ring (bicyclic) bond motifs is 1. The van der Waals surface area contributed by atoms with Crippen LogP contribution in [0.15, 0.2) is 36.4 Å². The van der Waals surface area contributed by atoms with Crippen LogP contribution >= 0.6 is 31.9 Å². The molecule has 0 radical (unpaired) electrons. The summed E-state index contributed by atoms with van der Waals surface area (Å²) in [4.78, 5) is 11.9. The summed E-state index contributed by atoms with van der Waals surface area (Å²) in [5, 5.41) is 0.806. The van der Waals surface area contributed by atoms with Gasteiger partial charge >= 0.3 is 5.63 Å². The van der Waals surface area contributed by atoms with Crippen LogP contribution < -0.4 is 10.4 Å². The Bertz CT molecular complexity index is 679. The molecule has 0 N–H and O–H groups in total. The third-order valence-corrected chi connectivity index (χ3v) is 4.69. The molecule has 22 heavy (non-hydrogen) atoms. The van der Waals surface area contributed by atoms with Gasteiger partial charge in [0, 0.05) is 4.47 Å². The molecule has 2 aromatic rings. The third-order valence-electron chi connectivity index (χ3n) is 3.51. The van der Waals surface area contributed by atoms with E-state index >= 15 is 0 Å². The summed E-state index contributed by atoms with van der Waals surface area (Å²) >= 11 is 6.66. The van der Waals surface area contributed by atoms with E-state index < -0.39 is 5.63 Å². The van der Waals surface area contributed by atoms with Gasteiger partial charge in [0.1, 0.15) is 10.1 Å². The van der Waals surface area contributed by atoms with Crippen molar-refractivity contribution in [2.45, 2.75) is 45.4 Å². The van der Waals surface area contributed by atoms with Gasteiger partial charge in [0.25, 0.3) is 0 Å². The molecule has 0 aliphatic heterocycles. The fraction of sp³-hybridized carbons (Fsp3) is 0.471. The van der Waals surface area contributed by atoms with Gasteiger partial charge in [0.05, 0.1) is 12.0 Å². The maximum Gasteiger partial charge on any atom is 0.354 e. The standard InChI is InChI=1S/C17H20Br2O3/c1-2-3-4-5-6-7-10-21-16-13-9-8-12(18)11-14(13)22-17(20)15(16)19/h8-9,11H,2-7,10H2,1H3. The highest BCUT2D eigenvalue weighted by Crippen LogP contribution is 2.32. The molecule has 1 aromatic heterocycles. The molecule has 0 aliphatic carbocycles. The van der Waals surface area contributed by atoms with Crippen LogP contribution in [0.3, 0.4) is 0 Å². The second kappa shape index (κ2) is 8.73. The average Bonchev–Trinajstić information content (AvgIpc) is 2.49. The Morgan fingerprint density at radius 1 is 1.09 bits per heavy atom. The van der Waals surface area contributed by atoms with E-state index in [4.69, 9.17) is 9.15 Å². The van der Waals surface area contributed by atoms with E-state index in [2.05, 4.69) is 38.8 Å². The average molecular weight is 432 g/mol. The molecule has 0 bridgehead atoms. The lowest BCUT2D eigenvalue weighted by Gasteiger charge is -2.10. The van der Waals surface area contributed by atoms with Gasteiger partial charge in [-0.15, -0.1) is 0 Å². The third kappa shape index (κ3) is 4.59. The maximum atomic E-state index is 11.9. The normalized spacial score (nSPS) is 11.0. The molecule has 5 heteroatoms. The zero-order valence-electron chi connectivity index (χ0n) is 12.7. The van der Waals surface area contributed by atoms with Gasteiger partial charge < -0.3 is 9.15 Å². The summed E-state index contributed by atoms with van der Waals surface area (Å²) in [6.45, 7) is 2.82. The van der Waals surface area contributed by atoms with Crippen molar-refractivity contribution < 1.29 is 9.15 Å². The van der Waals surface area contributed by atoms with Crippen molar-refractivity contribution in [3.63, 3.8) is 0 Å². The van der Waals surface area contributed by atoms with Crippen molar-refractivity contribution in [1.29, 1.82) is 0 Å².